The molecule has 37 heavy (non-hydrogen) atoms. The minimum atomic E-state index is 0.527. The van der Waals surface area contributed by atoms with Gasteiger partial charge in [-0.3, -0.25) is 0 Å². The van der Waals surface area contributed by atoms with Crippen LogP contribution in [0.3, 0.4) is 0 Å². The first-order valence-corrected chi connectivity index (χ1v) is 13.8. The van der Waals surface area contributed by atoms with Crippen LogP contribution in [0.15, 0.2) is 0 Å². The zero-order valence-corrected chi connectivity index (χ0v) is 23.5. The van der Waals surface area contributed by atoms with E-state index in [1.54, 1.807) is 0 Å². The molecule has 0 bridgehead atoms. The summed E-state index contributed by atoms with van der Waals surface area (Å²) in [7, 11) is 0. The molecule has 224 valence electrons. The van der Waals surface area contributed by atoms with Gasteiger partial charge in [0, 0.05) is 13.2 Å². The van der Waals surface area contributed by atoms with Crippen molar-refractivity contribution >= 4 is 0 Å². The zero-order valence-electron chi connectivity index (χ0n) is 23.5. The SMILES string of the molecule is CCCCOCCOCCOCCOCCOCCOCCOCCOCCOCCOCCOCC. The maximum atomic E-state index is 5.46. The Morgan fingerprint density at radius 2 is 0.432 bits per heavy atom. The predicted molar refractivity (Wildman–Crippen MR) is 140 cm³/mol. The third kappa shape index (κ3) is 35.6. The van der Waals surface area contributed by atoms with Gasteiger partial charge in [-0.2, -0.15) is 0 Å². The fourth-order valence-electron chi connectivity index (χ4n) is 2.59. The van der Waals surface area contributed by atoms with Crippen LogP contribution in [0.5, 0.6) is 0 Å². The molecule has 0 fully saturated rings. The topological polar surface area (TPSA) is 102 Å². The molecule has 0 amide bonds. The molecule has 0 spiro atoms. The van der Waals surface area contributed by atoms with E-state index in [0.717, 1.165) is 19.4 Å². The molecule has 0 atom stereocenters. The highest BCUT2D eigenvalue weighted by molar-refractivity contribution is 4.39. The first-order valence-electron chi connectivity index (χ1n) is 13.8. The van der Waals surface area contributed by atoms with Crippen molar-refractivity contribution < 1.29 is 52.1 Å². The smallest absolute Gasteiger partial charge is 0.0701 e. The van der Waals surface area contributed by atoms with Crippen LogP contribution in [0, 0.1) is 0 Å². The second-order valence-electron chi connectivity index (χ2n) is 7.67. The summed E-state index contributed by atoms with van der Waals surface area (Å²) in [5, 5.41) is 0. The Labute approximate surface area is 224 Å². The zero-order chi connectivity index (χ0) is 26.7. The van der Waals surface area contributed by atoms with Gasteiger partial charge in [-0.1, -0.05) is 13.3 Å². The Kier molecular flexibility index (Phi) is 35.1. The van der Waals surface area contributed by atoms with Crippen molar-refractivity contribution in [3.63, 3.8) is 0 Å². The summed E-state index contributed by atoms with van der Waals surface area (Å²) in [6.07, 6.45) is 2.25. The molecule has 0 aliphatic rings. The molecule has 0 saturated heterocycles. The summed E-state index contributed by atoms with van der Waals surface area (Å²) in [6.45, 7) is 16.8. The Morgan fingerprint density at radius 3 is 0.622 bits per heavy atom. The second kappa shape index (κ2) is 35.6. The molecule has 0 aliphatic carbocycles. The molecule has 0 aromatic carbocycles. The summed E-state index contributed by atoms with van der Waals surface area (Å²) < 4.78 is 59.5. The van der Waals surface area contributed by atoms with E-state index in [9.17, 15) is 0 Å². The highest BCUT2D eigenvalue weighted by atomic mass is 16.6. The van der Waals surface area contributed by atoms with Crippen molar-refractivity contribution in [1.82, 2.24) is 0 Å². The third-order valence-electron chi connectivity index (χ3n) is 4.57. The fourth-order valence-corrected chi connectivity index (χ4v) is 2.59. The molecule has 0 rings (SSSR count). The second-order valence-corrected chi connectivity index (χ2v) is 7.67. The quantitative estimate of drug-likeness (QED) is 0.112. The Bertz CT molecular complexity index is 358. The van der Waals surface area contributed by atoms with Crippen LogP contribution in [-0.2, 0) is 52.1 Å². The molecule has 0 saturated carbocycles. The highest BCUT2D eigenvalue weighted by Crippen LogP contribution is 1.89. The lowest BCUT2D eigenvalue weighted by Crippen LogP contribution is -2.15. The number of hydrogen-bond donors (Lipinski definition) is 0. The van der Waals surface area contributed by atoms with Gasteiger partial charge in [-0.15, -0.1) is 0 Å². The average Bonchev–Trinajstić information content (AvgIpc) is 2.91. The van der Waals surface area contributed by atoms with Gasteiger partial charge in [0.1, 0.15) is 0 Å². The predicted octanol–water partition coefficient (Wildman–Crippen LogP) is 1.99. The minimum Gasteiger partial charge on any atom is -0.379 e. The molecule has 0 aliphatic heterocycles. The van der Waals surface area contributed by atoms with Gasteiger partial charge >= 0.3 is 0 Å². The molecule has 0 heterocycles. The number of unbranched alkanes of at least 4 members (excludes halogenated alkanes) is 1. The molecule has 11 heteroatoms. The molecule has 0 radical (unpaired) electrons. The summed E-state index contributed by atoms with van der Waals surface area (Å²) in [4.78, 5) is 0. The van der Waals surface area contributed by atoms with Crippen LogP contribution in [-0.4, -0.2) is 145 Å². The van der Waals surface area contributed by atoms with Crippen LogP contribution in [0.1, 0.15) is 26.7 Å². The van der Waals surface area contributed by atoms with Gasteiger partial charge in [0.05, 0.1) is 132 Å². The lowest BCUT2D eigenvalue weighted by molar-refractivity contribution is -0.0274. The lowest BCUT2D eigenvalue weighted by Gasteiger charge is -2.09. The molecule has 0 N–H and O–H groups in total. The van der Waals surface area contributed by atoms with Crippen LogP contribution in [0.25, 0.3) is 0 Å². The Hall–Kier alpha value is -0.440. The van der Waals surface area contributed by atoms with Gasteiger partial charge in [0.25, 0.3) is 0 Å². The van der Waals surface area contributed by atoms with Crippen LogP contribution >= 0.6 is 0 Å². The molecular weight excluding hydrogens is 488 g/mol. The largest absolute Gasteiger partial charge is 0.379 e. The molecule has 0 aromatic rings. The maximum absolute atomic E-state index is 5.46. The first kappa shape index (κ1) is 36.6. The van der Waals surface area contributed by atoms with E-state index in [-0.39, 0.29) is 0 Å². The molecular formula is C26H54O11. The van der Waals surface area contributed by atoms with Gasteiger partial charge < -0.3 is 52.1 Å². The van der Waals surface area contributed by atoms with E-state index in [2.05, 4.69) is 6.92 Å². The summed E-state index contributed by atoms with van der Waals surface area (Å²) >= 11 is 0. The van der Waals surface area contributed by atoms with E-state index in [1.165, 1.54) is 0 Å². The maximum Gasteiger partial charge on any atom is 0.0701 e. The van der Waals surface area contributed by atoms with E-state index in [4.69, 9.17) is 52.1 Å². The Balaban J connectivity index is 3.00. The van der Waals surface area contributed by atoms with Crippen molar-refractivity contribution in [3.05, 3.63) is 0 Å². The van der Waals surface area contributed by atoms with Crippen molar-refractivity contribution in [2.24, 2.45) is 0 Å². The summed E-state index contributed by atoms with van der Waals surface area (Å²) in [5.41, 5.74) is 0. The van der Waals surface area contributed by atoms with Crippen molar-refractivity contribution in [3.8, 4) is 0 Å². The van der Waals surface area contributed by atoms with E-state index < -0.39 is 0 Å². The van der Waals surface area contributed by atoms with Crippen molar-refractivity contribution in [1.29, 1.82) is 0 Å². The fraction of sp³-hybridized carbons (Fsp3) is 1.00. The minimum absolute atomic E-state index is 0.527. The summed E-state index contributed by atoms with van der Waals surface area (Å²) in [6, 6.07) is 0. The third-order valence-corrected chi connectivity index (χ3v) is 4.57. The van der Waals surface area contributed by atoms with Gasteiger partial charge in [0.2, 0.25) is 0 Å². The summed E-state index contributed by atoms with van der Waals surface area (Å²) in [5.74, 6) is 0. The molecule has 0 unspecified atom stereocenters. The van der Waals surface area contributed by atoms with E-state index >= 15 is 0 Å². The van der Waals surface area contributed by atoms with Gasteiger partial charge in [0.15, 0.2) is 0 Å². The normalized spacial score (nSPS) is 11.5. The van der Waals surface area contributed by atoms with Gasteiger partial charge in [-0.25, -0.2) is 0 Å². The standard InChI is InChI=1S/C26H54O11/c1-3-5-6-28-9-10-30-13-14-32-17-18-34-21-22-36-25-26-37-24-23-35-20-19-33-16-15-31-12-11-29-8-7-27-4-2/h3-26H2,1-2H3. The number of rotatable bonds is 34. The van der Waals surface area contributed by atoms with Crippen molar-refractivity contribution in [2.75, 3.05) is 145 Å². The highest BCUT2D eigenvalue weighted by Gasteiger charge is 1.96. The molecule has 11 nitrogen and oxygen atoms in total. The van der Waals surface area contributed by atoms with Gasteiger partial charge in [-0.05, 0) is 13.3 Å². The van der Waals surface area contributed by atoms with Crippen LogP contribution < -0.4 is 0 Å². The van der Waals surface area contributed by atoms with Crippen LogP contribution in [0.2, 0.25) is 0 Å². The monoisotopic (exact) mass is 542 g/mol. The lowest BCUT2D eigenvalue weighted by atomic mass is 10.4. The van der Waals surface area contributed by atoms with Crippen LogP contribution in [0.4, 0.5) is 0 Å². The number of ether oxygens (including phenoxy) is 11. The average molecular weight is 543 g/mol. The number of hydrogen-bond acceptors (Lipinski definition) is 11. The van der Waals surface area contributed by atoms with Crippen molar-refractivity contribution in [2.45, 2.75) is 26.7 Å². The Morgan fingerprint density at radius 1 is 0.243 bits per heavy atom. The van der Waals surface area contributed by atoms with E-state index in [1.807, 2.05) is 6.92 Å². The first-order chi connectivity index (χ1) is 18.4. The molecule has 0 aromatic heterocycles. The van der Waals surface area contributed by atoms with E-state index in [0.29, 0.717) is 139 Å².